The number of imidazole rings is 1. The van der Waals surface area contributed by atoms with Crippen molar-refractivity contribution in [1.82, 2.24) is 14.4 Å². The van der Waals surface area contributed by atoms with E-state index in [1.807, 2.05) is 24.4 Å². The van der Waals surface area contributed by atoms with Crippen molar-refractivity contribution in [2.24, 2.45) is 0 Å². The van der Waals surface area contributed by atoms with Crippen molar-refractivity contribution in [1.29, 1.82) is 0 Å². The number of rotatable bonds is 1. The third-order valence-corrected chi connectivity index (χ3v) is 1.87. The lowest BCUT2D eigenvalue weighted by atomic mass is 10.4. The van der Waals surface area contributed by atoms with Crippen LogP contribution in [0.2, 0.25) is 0 Å². The van der Waals surface area contributed by atoms with Crippen molar-refractivity contribution in [2.45, 2.75) is 13.8 Å². The van der Waals surface area contributed by atoms with Gasteiger partial charge in [0.05, 0.1) is 11.4 Å². The minimum Gasteiger partial charge on any atom is -0.303 e. The molecule has 0 saturated heterocycles. The fourth-order valence-electron chi connectivity index (χ4n) is 1.38. The Kier molecular flexibility index (Phi) is 1.62. The Hall–Kier alpha value is -1.71. The van der Waals surface area contributed by atoms with Gasteiger partial charge in [-0.3, -0.25) is 9.78 Å². The lowest BCUT2D eigenvalue weighted by Gasteiger charge is -1.97. The minimum absolute atomic E-state index is 0.440. The van der Waals surface area contributed by atoms with Gasteiger partial charge in [-0.2, -0.15) is 0 Å². The maximum Gasteiger partial charge on any atom is 0.170 e. The second-order valence-electron chi connectivity index (χ2n) is 2.98. The SMILES string of the molecule is Cc1cn2cc(C=O)nc2c(C)n1. The first-order chi connectivity index (χ1) is 6.20. The molecule has 2 rings (SSSR count). The van der Waals surface area contributed by atoms with Crippen LogP contribution in [0.5, 0.6) is 0 Å². The maximum atomic E-state index is 10.5. The van der Waals surface area contributed by atoms with Gasteiger partial charge in [0.1, 0.15) is 5.69 Å². The number of carbonyl (C=O) groups is 1. The Morgan fingerprint density at radius 2 is 2.08 bits per heavy atom. The number of aldehydes is 1. The average Bonchev–Trinajstić information content (AvgIpc) is 2.47. The van der Waals surface area contributed by atoms with E-state index < -0.39 is 0 Å². The number of fused-ring (bicyclic) bond motifs is 1. The molecule has 0 N–H and O–H groups in total. The van der Waals surface area contributed by atoms with E-state index in [9.17, 15) is 4.79 Å². The second kappa shape index (κ2) is 2.65. The van der Waals surface area contributed by atoms with E-state index in [-0.39, 0.29) is 0 Å². The Bertz CT molecular complexity index is 473. The van der Waals surface area contributed by atoms with E-state index in [1.54, 1.807) is 6.20 Å². The van der Waals surface area contributed by atoms with Crippen molar-refractivity contribution in [3.8, 4) is 0 Å². The van der Waals surface area contributed by atoms with Crippen LogP contribution in [0.3, 0.4) is 0 Å². The molecular weight excluding hydrogens is 166 g/mol. The summed E-state index contributed by atoms with van der Waals surface area (Å²) < 4.78 is 1.82. The summed E-state index contributed by atoms with van der Waals surface area (Å²) in [5.41, 5.74) is 2.94. The standard InChI is InChI=1S/C9H9N3O/c1-6-3-12-4-8(5-13)11-9(12)7(2)10-6/h3-5H,1-2H3. The summed E-state index contributed by atoms with van der Waals surface area (Å²) in [4.78, 5) is 18.8. The van der Waals surface area contributed by atoms with Crippen LogP contribution < -0.4 is 0 Å². The third kappa shape index (κ3) is 1.20. The van der Waals surface area contributed by atoms with Gasteiger partial charge in [0.2, 0.25) is 0 Å². The first-order valence-electron chi connectivity index (χ1n) is 3.99. The highest BCUT2D eigenvalue weighted by atomic mass is 16.1. The fraction of sp³-hybridized carbons (Fsp3) is 0.222. The smallest absolute Gasteiger partial charge is 0.170 e. The van der Waals surface area contributed by atoms with Crippen molar-refractivity contribution in [2.75, 3.05) is 0 Å². The van der Waals surface area contributed by atoms with Crippen LogP contribution in [-0.2, 0) is 0 Å². The molecular formula is C9H9N3O. The summed E-state index contributed by atoms with van der Waals surface area (Å²) in [6.45, 7) is 3.79. The Labute approximate surface area is 75.2 Å². The number of aromatic nitrogens is 3. The number of hydrogen-bond donors (Lipinski definition) is 0. The summed E-state index contributed by atoms with van der Waals surface area (Å²) in [5.74, 6) is 0. The van der Waals surface area contributed by atoms with Crippen molar-refractivity contribution in [3.05, 3.63) is 29.5 Å². The Morgan fingerprint density at radius 3 is 2.77 bits per heavy atom. The summed E-state index contributed by atoms with van der Waals surface area (Å²) in [6.07, 6.45) is 4.29. The van der Waals surface area contributed by atoms with E-state index in [0.29, 0.717) is 5.69 Å². The predicted molar refractivity (Wildman–Crippen MR) is 47.8 cm³/mol. The zero-order chi connectivity index (χ0) is 9.42. The van der Waals surface area contributed by atoms with Gasteiger partial charge >= 0.3 is 0 Å². The van der Waals surface area contributed by atoms with E-state index in [4.69, 9.17) is 0 Å². The molecule has 13 heavy (non-hydrogen) atoms. The molecule has 0 aliphatic carbocycles. The second-order valence-corrected chi connectivity index (χ2v) is 2.98. The zero-order valence-electron chi connectivity index (χ0n) is 7.48. The molecule has 0 spiro atoms. The van der Waals surface area contributed by atoms with Gasteiger partial charge in [0.25, 0.3) is 0 Å². The quantitative estimate of drug-likeness (QED) is 0.611. The molecule has 0 radical (unpaired) electrons. The first-order valence-corrected chi connectivity index (χ1v) is 3.99. The van der Waals surface area contributed by atoms with Gasteiger partial charge in [0.15, 0.2) is 11.9 Å². The van der Waals surface area contributed by atoms with Crippen LogP contribution in [0.1, 0.15) is 21.9 Å². The van der Waals surface area contributed by atoms with Gasteiger partial charge in [-0.1, -0.05) is 0 Å². The molecule has 66 valence electrons. The fourth-order valence-corrected chi connectivity index (χ4v) is 1.38. The number of aryl methyl sites for hydroxylation is 2. The molecule has 0 fully saturated rings. The monoisotopic (exact) mass is 175 g/mol. The predicted octanol–water partition coefficient (Wildman–Crippen LogP) is 1.16. The van der Waals surface area contributed by atoms with Gasteiger partial charge in [-0.05, 0) is 13.8 Å². The molecule has 0 amide bonds. The van der Waals surface area contributed by atoms with Crippen LogP contribution in [-0.4, -0.2) is 20.7 Å². The van der Waals surface area contributed by atoms with Crippen LogP contribution >= 0.6 is 0 Å². The van der Waals surface area contributed by atoms with Crippen molar-refractivity contribution < 1.29 is 4.79 Å². The Morgan fingerprint density at radius 1 is 1.31 bits per heavy atom. The molecule has 0 aromatic carbocycles. The molecule has 0 atom stereocenters. The summed E-state index contributed by atoms with van der Waals surface area (Å²) >= 11 is 0. The highest BCUT2D eigenvalue weighted by molar-refractivity contribution is 5.73. The summed E-state index contributed by atoms with van der Waals surface area (Å²) in [7, 11) is 0. The normalized spacial score (nSPS) is 10.6. The highest BCUT2D eigenvalue weighted by Gasteiger charge is 2.04. The maximum absolute atomic E-state index is 10.5. The number of carbonyl (C=O) groups excluding carboxylic acids is 1. The van der Waals surface area contributed by atoms with Gasteiger partial charge in [-0.15, -0.1) is 0 Å². The molecule has 2 aromatic rings. The Balaban J connectivity index is 2.82. The van der Waals surface area contributed by atoms with Crippen LogP contribution in [0.4, 0.5) is 0 Å². The van der Waals surface area contributed by atoms with Crippen molar-refractivity contribution >= 4 is 11.9 Å². The molecule has 0 bridgehead atoms. The lowest BCUT2D eigenvalue weighted by molar-refractivity contribution is 0.111. The molecule has 2 aromatic heterocycles. The molecule has 0 saturated carbocycles. The minimum atomic E-state index is 0.440. The number of nitrogens with zero attached hydrogens (tertiary/aromatic N) is 3. The van der Waals surface area contributed by atoms with E-state index in [1.165, 1.54) is 0 Å². The largest absolute Gasteiger partial charge is 0.303 e. The molecule has 0 aliphatic rings. The third-order valence-electron chi connectivity index (χ3n) is 1.87. The average molecular weight is 175 g/mol. The summed E-state index contributed by atoms with van der Waals surface area (Å²) in [6, 6.07) is 0. The van der Waals surface area contributed by atoms with E-state index in [2.05, 4.69) is 9.97 Å². The summed E-state index contributed by atoms with van der Waals surface area (Å²) in [5, 5.41) is 0. The molecule has 2 heterocycles. The van der Waals surface area contributed by atoms with Crippen LogP contribution in [0.25, 0.3) is 5.65 Å². The van der Waals surface area contributed by atoms with Gasteiger partial charge < -0.3 is 4.40 Å². The van der Waals surface area contributed by atoms with Crippen LogP contribution in [0, 0.1) is 13.8 Å². The zero-order valence-corrected chi connectivity index (χ0v) is 7.48. The van der Waals surface area contributed by atoms with Gasteiger partial charge in [-0.25, -0.2) is 4.98 Å². The molecule has 4 heteroatoms. The molecule has 4 nitrogen and oxygen atoms in total. The topological polar surface area (TPSA) is 47.3 Å². The highest BCUT2D eigenvalue weighted by Crippen LogP contribution is 2.08. The number of hydrogen-bond acceptors (Lipinski definition) is 3. The first kappa shape index (κ1) is 7.91. The van der Waals surface area contributed by atoms with Gasteiger partial charge in [0, 0.05) is 12.4 Å². The lowest BCUT2D eigenvalue weighted by Crippen LogP contribution is -1.93. The van der Waals surface area contributed by atoms with E-state index in [0.717, 1.165) is 23.3 Å². The molecule has 0 unspecified atom stereocenters. The van der Waals surface area contributed by atoms with Crippen LogP contribution in [0.15, 0.2) is 12.4 Å². The van der Waals surface area contributed by atoms with E-state index >= 15 is 0 Å². The molecule has 0 aliphatic heterocycles. The van der Waals surface area contributed by atoms with Crippen molar-refractivity contribution in [3.63, 3.8) is 0 Å².